The molecule has 0 spiro atoms. The highest BCUT2D eigenvalue weighted by Gasteiger charge is 2.15. The predicted molar refractivity (Wildman–Crippen MR) is 101 cm³/mol. The molecule has 0 heterocycles. The van der Waals surface area contributed by atoms with Gasteiger partial charge in [0.05, 0.1) is 6.04 Å². The minimum atomic E-state index is 0.516. The minimum Gasteiger partial charge on any atom is -0.297 e. The number of nitrogens with zero attached hydrogens (tertiary/aromatic N) is 1. The summed E-state index contributed by atoms with van der Waals surface area (Å²) < 4.78 is 0. The molecule has 0 radical (unpaired) electrons. The predicted octanol–water partition coefficient (Wildman–Crippen LogP) is 7.19. The normalized spacial score (nSPS) is 30.2. The summed E-state index contributed by atoms with van der Waals surface area (Å²) in [5, 5.41) is 0. The topological polar surface area (TPSA) is 12.4 Å². The zero-order valence-electron chi connectivity index (χ0n) is 15.5. The summed E-state index contributed by atoms with van der Waals surface area (Å²) in [5.41, 5.74) is 0. The molecule has 0 aromatic rings. The molecular weight excluding hydrogens is 266 g/mol. The van der Waals surface area contributed by atoms with Gasteiger partial charge < -0.3 is 0 Å². The number of aliphatic imine (C=N–C) groups is 1. The van der Waals surface area contributed by atoms with Gasteiger partial charge in [-0.05, 0) is 31.4 Å². The first kappa shape index (κ1) is 19.7. The summed E-state index contributed by atoms with van der Waals surface area (Å²) in [5.74, 6) is 1.75. The summed E-state index contributed by atoms with van der Waals surface area (Å²) in [6, 6.07) is 0.516. The maximum atomic E-state index is 4.41. The van der Waals surface area contributed by atoms with Crippen LogP contribution in [0.5, 0.6) is 0 Å². The van der Waals surface area contributed by atoms with Crippen molar-refractivity contribution in [2.75, 3.05) is 0 Å². The lowest BCUT2D eigenvalue weighted by atomic mass is 9.89. The second kappa shape index (κ2) is 13.1. The number of unbranched alkanes of at least 4 members (excludes halogenated alkanes) is 1. The van der Waals surface area contributed by atoms with Gasteiger partial charge in [-0.15, -0.1) is 0 Å². The fraction of sp³-hybridized carbons (Fsp3) is 0.952. The largest absolute Gasteiger partial charge is 0.297 e. The van der Waals surface area contributed by atoms with Crippen molar-refractivity contribution in [1.29, 1.82) is 0 Å². The molecule has 1 heteroatoms. The third-order valence-corrected chi connectivity index (χ3v) is 5.74. The fourth-order valence-electron chi connectivity index (χ4n) is 4.07. The van der Waals surface area contributed by atoms with Gasteiger partial charge in [0.25, 0.3) is 0 Å². The highest BCUT2D eigenvalue weighted by atomic mass is 14.8. The van der Waals surface area contributed by atoms with E-state index < -0.39 is 0 Å². The van der Waals surface area contributed by atoms with Crippen molar-refractivity contribution in [1.82, 2.24) is 0 Å². The van der Waals surface area contributed by atoms with Gasteiger partial charge in [0.1, 0.15) is 0 Å². The molecule has 0 saturated heterocycles. The van der Waals surface area contributed by atoms with E-state index in [4.69, 9.17) is 0 Å². The van der Waals surface area contributed by atoms with Gasteiger partial charge in [0.15, 0.2) is 0 Å². The molecule has 130 valence electrons. The third kappa shape index (κ3) is 8.96. The van der Waals surface area contributed by atoms with Crippen LogP contribution >= 0.6 is 0 Å². The van der Waals surface area contributed by atoms with Crippen molar-refractivity contribution in [3.63, 3.8) is 0 Å². The fourth-order valence-corrected chi connectivity index (χ4v) is 4.07. The van der Waals surface area contributed by atoms with Gasteiger partial charge >= 0.3 is 0 Å². The van der Waals surface area contributed by atoms with Crippen LogP contribution in [0.1, 0.15) is 110 Å². The van der Waals surface area contributed by atoms with Crippen LogP contribution in [0.3, 0.4) is 0 Å². The molecule has 0 N–H and O–H groups in total. The SMILES string of the molecule is C=NC1CCCCCCCC(CCCC)CCCCCC1C. The van der Waals surface area contributed by atoms with Crippen LogP contribution in [-0.4, -0.2) is 12.8 Å². The van der Waals surface area contributed by atoms with Gasteiger partial charge in [-0.25, -0.2) is 0 Å². The Bertz CT molecular complexity index is 261. The van der Waals surface area contributed by atoms with Gasteiger partial charge in [-0.1, -0.05) is 97.3 Å². The Morgan fingerprint density at radius 2 is 1.36 bits per heavy atom. The molecular formula is C21H41N. The highest BCUT2D eigenvalue weighted by molar-refractivity contribution is 5.24. The van der Waals surface area contributed by atoms with Crippen LogP contribution in [0.25, 0.3) is 0 Å². The van der Waals surface area contributed by atoms with E-state index in [0.717, 1.165) is 11.8 Å². The molecule has 0 aromatic heterocycles. The van der Waals surface area contributed by atoms with E-state index in [2.05, 4.69) is 25.6 Å². The zero-order valence-corrected chi connectivity index (χ0v) is 15.5. The Kier molecular flexibility index (Phi) is 11.8. The molecule has 3 unspecified atom stereocenters. The van der Waals surface area contributed by atoms with Gasteiger partial charge in [0.2, 0.25) is 0 Å². The summed E-state index contributed by atoms with van der Waals surface area (Å²) in [6.45, 7) is 8.56. The van der Waals surface area contributed by atoms with Crippen LogP contribution in [0.4, 0.5) is 0 Å². The zero-order chi connectivity index (χ0) is 16.0. The van der Waals surface area contributed by atoms with Crippen molar-refractivity contribution in [2.24, 2.45) is 16.8 Å². The molecule has 1 rings (SSSR count). The van der Waals surface area contributed by atoms with Crippen LogP contribution < -0.4 is 0 Å². The Labute approximate surface area is 140 Å². The molecule has 1 nitrogen and oxygen atoms in total. The van der Waals surface area contributed by atoms with Crippen molar-refractivity contribution in [2.45, 2.75) is 116 Å². The van der Waals surface area contributed by atoms with E-state index in [9.17, 15) is 0 Å². The number of rotatable bonds is 4. The lowest BCUT2D eigenvalue weighted by molar-refractivity contribution is 0.363. The summed E-state index contributed by atoms with van der Waals surface area (Å²) in [4.78, 5) is 4.41. The van der Waals surface area contributed by atoms with Crippen LogP contribution in [-0.2, 0) is 0 Å². The maximum absolute atomic E-state index is 4.41. The van der Waals surface area contributed by atoms with E-state index in [1.807, 2.05) is 0 Å². The lowest BCUT2D eigenvalue weighted by Gasteiger charge is -2.20. The molecule has 1 aliphatic carbocycles. The van der Waals surface area contributed by atoms with Crippen LogP contribution in [0.15, 0.2) is 4.99 Å². The van der Waals surface area contributed by atoms with Gasteiger partial charge in [-0.2, -0.15) is 0 Å². The van der Waals surface area contributed by atoms with Gasteiger partial charge in [-0.3, -0.25) is 4.99 Å². The lowest BCUT2D eigenvalue weighted by Crippen LogP contribution is -2.15. The van der Waals surface area contributed by atoms with E-state index in [1.165, 1.54) is 96.3 Å². The third-order valence-electron chi connectivity index (χ3n) is 5.74. The first-order valence-corrected chi connectivity index (χ1v) is 10.2. The average Bonchev–Trinajstić information content (AvgIpc) is 2.53. The Hall–Kier alpha value is -0.330. The molecule has 3 atom stereocenters. The van der Waals surface area contributed by atoms with Crippen molar-refractivity contribution >= 4 is 6.72 Å². The van der Waals surface area contributed by atoms with Gasteiger partial charge in [0, 0.05) is 0 Å². The smallest absolute Gasteiger partial charge is 0.0517 e. The summed E-state index contributed by atoms with van der Waals surface area (Å²) >= 11 is 0. The maximum Gasteiger partial charge on any atom is 0.0517 e. The second-order valence-corrected chi connectivity index (χ2v) is 7.72. The van der Waals surface area contributed by atoms with E-state index in [0.29, 0.717) is 6.04 Å². The molecule has 1 fully saturated rings. The van der Waals surface area contributed by atoms with Crippen molar-refractivity contribution in [3.05, 3.63) is 0 Å². The molecule has 0 amide bonds. The minimum absolute atomic E-state index is 0.516. The average molecular weight is 308 g/mol. The Morgan fingerprint density at radius 3 is 2.00 bits per heavy atom. The van der Waals surface area contributed by atoms with E-state index in [-0.39, 0.29) is 0 Å². The molecule has 1 aliphatic rings. The Morgan fingerprint density at radius 1 is 0.818 bits per heavy atom. The van der Waals surface area contributed by atoms with Crippen LogP contribution in [0, 0.1) is 11.8 Å². The first-order valence-electron chi connectivity index (χ1n) is 10.2. The first-order chi connectivity index (χ1) is 10.8. The van der Waals surface area contributed by atoms with Crippen molar-refractivity contribution in [3.8, 4) is 0 Å². The summed E-state index contributed by atoms with van der Waals surface area (Å²) in [7, 11) is 0. The van der Waals surface area contributed by atoms with E-state index in [1.54, 1.807) is 0 Å². The molecule has 0 aliphatic heterocycles. The quantitative estimate of drug-likeness (QED) is 0.487. The summed E-state index contributed by atoms with van der Waals surface area (Å²) in [6.07, 6.45) is 21.3. The number of hydrogen-bond donors (Lipinski definition) is 0. The molecule has 1 saturated carbocycles. The van der Waals surface area contributed by atoms with Crippen molar-refractivity contribution < 1.29 is 0 Å². The molecule has 0 bridgehead atoms. The molecule has 22 heavy (non-hydrogen) atoms. The second-order valence-electron chi connectivity index (χ2n) is 7.72. The van der Waals surface area contributed by atoms with Crippen LogP contribution in [0.2, 0.25) is 0 Å². The van der Waals surface area contributed by atoms with E-state index >= 15 is 0 Å². The standard InChI is InChI=1S/C21H41N/c1-4-5-15-20-16-11-7-6-8-13-18-21(22-3)19(2)14-10-9-12-17-20/h19-21H,3-18H2,1-2H3. The highest BCUT2D eigenvalue weighted by Crippen LogP contribution is 2.26. The number of hydrogen-bond acceptors (Lipinski definition) is 1. The molecule has 0 aromatic carbocycles. The Balaban J connectivity index is 2.40. The monoisotopic (exact) mass is 307 g/mol.